The minimum atomic E-state index is -0.392. The number of hydrogen-bond acceptors (Lipinski definition) is 2. The molecule has 0 aliphatic carbocycles. The zero-order chi connectivity index (χ0) is 15.4. The molecule has 1 atom stereocenters. The summed E-state index contributed by atoms with van der Waals surface area (Å²) >= 11 is 5.88. The molecule has 1 unspecified atom stereocenters. The average molecular weight is 312 g/mol. The van der Waals surface area contributed by atoms with Gasteiger partial charge < -0.3 is 10.1 Å². The molecule has 2 nitrogen and oxygen atoms in total. The Morgan fingerprint density at radius 2 is 1.90 bits per heavy atom. The normalized spacial score (nSPS) is 12.2. The predicted octanol–water partition coefficient (Wildman–Crippen LogP) is 4.13. The van der Waals surface area contributed by atoms with Crippen molar-refractivity contribution >= 4 is 11.6 Å². The second-order valence-corrected chi connectivity index (χ2v) is 5.10. The van der Waals surface area contributed by atoms with Crippen molar-refractivity contribution < 1.29 is 13.5 Å². The van der Waals surface area contributed by atoms with Gasteiger partial charge in [-0.05, 0) is 43.3 Å². The summed E-state index contributed by atoms with van der Waals surface area (Å²) in [4.78, 5) is 0. The van der Waals surface area contributed by atoms with E-state index in [0.717, 1.165) is 0 Å². The monoisotopic (exact) mass is 311 g/mol. The standard InChI is InChI=1S/C16H16ClF2NO/c1-20-16(8-10-7-11(17)3-6-14(10)18)13-5-4-12(21-2)9-15(13)19/h3-7,9,16,20H,8H2,1-2H3. The summed E-state index contributed by atoms with van der Waals surface area (Å²) in [5, 5.41) is 3.46. The van der Waals surface area contributed by atoms with E-state index in [1.54, 1.807) is 25.2 Å². The molecule has 0 spiro atoms. The highest BCUT2D eigenvalue weighted by Gasteiger charge is 2.17. The first-order valence-electron chi connectivity index (χ1n) is 6.49. The molecule has 1 N–H and O–H groups in total. The molecule has 2 rings (SSSR count). The van der Waals surface area contributed by atoms with Crippen LogP contribution in [0.4, 0.5) is 8.78 Å². The van der Waals surface area contributed by atoms with Gasteiger partial charge in [-0.3, -0.25) is 0 Å². The van der Waals surface area contributed by atoms with Gasteiger partial charge in [-0.15, -0.1) is 0 Å². The van der Waals surface area contributed by atoms with Gasteiger partial charge in [-0.25, -0.2) is 8.78 Å². The van der Waals surface area contributed by atoms with Crippen molar-refractivity contribution in [2.45, 2.75) is 12.5 Å². The lowest BCUT2D eigenvalue weighted by Gasteiger charge is -2.18. The van der Waals surface area contributed by atoms with Gasteiger partial charge in [0.05, 0.1) is 7.11 Å². The number of halogens is 3. The molecule has 21 heavy (non-hydrogen) atoms. The Labute approximate surface area is 127 Å². The van der Waals surface area contributed by atoms with E-state index in [9.17, 15) is 8.78 Å². The van der Waals surface area contributed by atoms with Crippen LogP contribution in [0, 0.1) is 11.6 Å². The Balaban J connectivity index is 2.29. The van der Waals surface area contributed by atoms with E-state index in [2.05, 4.69) is 5.32 Å². The molecule has 0 saturated heterocycles. The molecule has 0 radical (unpaired) electrons. The van der Waals surface area contributed by atoms with Gasteiger partial charge in [0.1, 0.15) is 17.4 Å². The SMILES string of the molecule is CNC(Cc1cc(Cl)ccc1F)c1ccc(OC)cc1F. The van der Waals surface area contributed by atoms with Gasteiger partial charge in [-0.1, -0.05) is 17.7 Å². The highest BCUT2D eigenvalue weighted by Crippen LogP contribution is 2.26. The second kappa shape index (κ2) is 6.87. The minimum absolute atomic E-state index is 0.298. The molecular weight excluding hydrogens is 296 g/mol. The Morgan fingerprint density at radius 3 is 2.52 bits per heavy atom. The van der Waals surface area contributed by atoms with E-state index in [1.165, 1.54) is 25.3 Å². The van der Waals surface area contributed by atoms with Crippen LogP contribution in [0.2, 0.25) is 5.02 Å². The van der Waals surface area contributed by atoms with Gasteiger partial charge in [0, 0.05) is 22.7 Å². The molecule has 0 amide bonds. The fourth-order valence-corrected chi connectivity index (χ4v) is 2.40. The lowest BCUT2D eigenvalue weighted by Crippen LogP contribution is -2.20. The Bertz CT molecular complexity index is 634. The maximum absolute atomic E-state index is 14.1. The summed E-state index contributed by atoms with van der Waals surface area (Å²) in [5.41, 5.74) is 0.898. The quantitative estimate of drug-likeness (QED) is 0.896. The van der Waals surface area contributed by atoms with Crippen LogP contribution in [0.3, 0.4) is 0 Å². The highest BCUT2D eigenvalue weighted by atomic mass is 35.5. The molecule has 0 heterocycles. The predicted molar refractivity (Wildman–Crippen MR) is 79.9 cm³/mol. The lowest BCUT2D eigenvalue weighted by atomic mass is 9.98. The molecule has 0 aliphatic heterocycles. The van der Waals surface area contributed by atoms with Crippen LogP contribution in [0.5, 0.6) is 5.75 Å². The molecule has 112 valence electrons. The first kappa shape index (κ1) is 15.7. The van der Waals surface area contributed by atoms with Crippen LogP contribution >= 0.6 is 11.6 Å². The first-order chi connectivity index (χ1) is 10.0. The summed E-state index contributed by atoms with van der Waals surface area (Å²) in [6.07, 6.45) is 0.298. The summed E-state index contributed by atoms with van der Waals surface area (Å²) in [7, 11) is 3.18. The first-order valence-corrected chi connectivity index (χ1v) is 6.87. The van der Waals surface area contributed by atoms with Crippen molar-refractivity contribution in [1.29, 1.82) is 0 Å². The van der Waals surface area contributed by atoms with Gasteiger partial charge in [0.15, 0.2) is 0 Å². The van der Waals surface area contributed by atoms with E-state index in [0.29, 0.717) is 28.3 Å². The zero-order valence-electron chi connectivity index (χ0n) is 11.8. The van der Waals surface area contributed by atoms with Crippen LogP contribution < -0.4 is 10.1 Å². The highest BCUT2D eigenvalue weighted by molar-refractivity contribution is 6.30. The number of nitrogens with one attached hydrogen (secondary N) is 1. The van der Waals surface area contributed by atoms with Crippen molar-refractivity contribution in [3.63, 3.8) is 0 Å². The van der Waals surface area contributed by atoms with E-state index in [1.807, 2.05) is 0 Å². The van der Waals surface area contributed by atoms with E-state index < -0.39 is 5.82 Å². The molecule has 0 bridgehead atoms. The zero-order valence-corrected chi connectivity index (χ0v) is 12.5. The maximum Gasteiger partial charge on any atom is 0.131 e. The third-order valence-corrected chi connectivity index (χ3v) is 3.60. The number of hydrogen-bond donors (Lipinski definition) is 1. The van der Waals surface area contributed by atoms with Crippen molar-refractivity contribution in [3.8, 4) is 5.75 Å². The number of ether oxygens (including phenoxy) is 1. The molecule has 2 aromatic carbocycles. The Morgan fingerprint density at radius 1 is 1.14 bits per heavy atom. The van der Waals surface area contributed by atoms with E-state index >= 15 is 0 Å². The number of benzene rings is 2. The largest absolute Gasteiger partial charge is 0.497 e. The topological polar surface area (TPSA) is 21.3 Å². The molecular formula is C16H16ClF2NO. The minimum Gasteiger partial charge on any atom is -0.497 e. The third kappa shape index (κ3) is 3.71. The fourth-order valence-electron chi connectivity index (χ4n) is 2.20. The second-order valence-electron chi connectivity index (χ2n) is 4.67. The fraction of sp³-hybridized carbons (Fsp3) is 0.250. The van der Waals surface area contributed by atoms with E-state index in [-0.39, 0.29) is 11.9 Å². The van der Waals surface area contributed by atoms with E-state index in [4.69, 9.17) is 16.3 Å². The Kier molecular flexibility index (Phi) is 5.15. The number of rotatable bonds is 5. The molecule has 0 aromatic heterocycles. The molecule has 5 heteroatoms. The van der Waals surface area contributed by atoms with Gasteiger partial charge in [0.25, 0.3) is 0 Å². The molecule has 0 fully saturated rings. The summed E-state index contributed by atoms with van der Waals surface area (Å²) in [6.45, 7) is 0. The van der Waals surface area contributed by atoms with Crippen LogP contribution in [-0.2, 0) is 6.42 Å². The summed E-state index contributed by atoms with van der Waals surface area (Å²) in [5.74, 6) is -0.301. The number of likely N-dealkylation sites (N-methyl/N-ethyl adjacent to an activating group) is 1. The number of methoxy groups -OCH3 is 1. The smallest absolute Gasteiger partial charge is 0.131 e. The Hall–Kier alpha value is -1.65. The molecule has 0 saturated carbocycles. The summed E-state index contributed by atoms with van der Waals surface area (Å²) in [6, 6.07) is 8.63. The van der Waals surface area contributed by atoms with Crippen molar-refractivity contribution in [2.24, 2.45) is 0 Å². The van der Waals surface area contributed by atoms with Crippen molar-refractivity contribution in [1.82, 2.24) is 5.32 Å². The maximum atomic E-state index is 14.1. The average Bonchev–Trinajstić information content (AvgIpc) is 2.48. The lowest BCUT2D eigenvalue weighted by molar-refractivity contribution is 0.409. The molecule has 2 aromatic rings. The van der Waals surface area contributed by atoms with Crippen LogP contribution in [0.25, 0.3) is 0 Å². The third-order valence-electron chi connectivity index (χ3n) is 3.36. The van der Waals surface area contributed by atoms with Gasteiger partial charge in [-0.2, -0.15) is 0 Å². The van der Waals surface area contributed by atoms with Crippen LogP contribution in [0.1, 0.15) is 17.2 Å². The van der Waals surface area contributed by atoms with Crippen LogP contribution in [-0.4, -0.2) is 14.2 Å². The van der Waals surface area contributed by atoms with Crippen LogP contribution in [0.15, 0.2) is 36.4 Å². The molecule has 0 aliphatic rings. The van der Waals surface area contributed by atoms with Crippen molar-refractivity contribution in [2.75, 3.05) is 14.2 Å². The van der Waals surface area contributed by atoms with Gasteiger partial charge >= 0.3 is 0 Å². The van der Waals surface area contributed by atoms with Gasteiger partial charge in [0.2, 0.25) is 0 Å². The van der Waals surface area contributed by atoms with Crippen molar-refractivity contribution in [3.05, 3.63) is 64.2 Å². The summed E-state index contributed by atoms with van der Waals surface area (Å²) < 4.78 is 32.9.